The number of piperidine rings is 1. The third-order valence-corrected chi connectivity index (χ3v) is 3.73. The summed E-state index contributed by atoms with van der Waals surface area (Å²) in [6.45, 7) is 1.16. The number of fused-ring (bicyclic) bond motifs is 1. The van der Waals surface area contributed by atoms with Crippen molar-refractivity contribution in [2.24, 2.45) is 0 Å². The van der Waals surface area contributed by atoms with Crippen LogP contribution in [0.5, 0.6) is 0 Å². The summed E-state index contributed by atoms with van der Waals surface area (Å²) < 4.78 is 0. The second kappa shape index (κ2) is 3.97. The third kappa shape index (κ3) is 1.69. The summed E-state index contributed by atoms with van der Waals surface area (Å²) in [6, 6.07) is 0.525. The quantitative estimate of drug-likeness (QED) is 0.737. The molecule has 2 aliphatic rings. The molecule has 0 radical (unpaired) electrons. The molecule has 15 heavy (non-hydrogen) atoms. The molecule has 1 aliphatic heterocycles. The molecule has 0 amide bonds. The Labute approximate surface area is 90.7 Å². The number of aromatic amines is 1. The second-order valence-corrected chi connectivity index (χ2v) is 4.78. The zero-order valence-electron chi connectivity index (χ0n) is 9.18. The van der Waals surface area contributed by atoms with Crippen molar-refractivity contribution < 1.29 is 0 Å². The predicted molar refractivity (Wildman–Crippen MR) is 59.8 cm³/mol. The lowest BCUT2D eigenvalue weighted by Gasteiger charge is -2.23. The highest BCUT2D eigenvalue weighted by Crippen LogP contribution is 2.29. The molecular weight excluding hydrogens is 186 g/mol. The Kier molecular flexibility index (Phi) is 2.49. The number of nitrogens with zero attached hydrogens (tertiary/aromatic N) is 1. The van der Waals surface area contributed by atoms with Gasteiger partial charge in [-0.05, 0) is 50.6 Å². The van der Waals surface area contributed by atoms with E-state index >= 15 is 0 Å². The molecular formula is C12H19N3. The lowest BCUT2D eigenvalue weighted by molar-refractivity contribution is 0.402. The molecule has 1 aliphatic carbocycles. The minimum atomic E-state index is 0.525. The van der Waals surface area contributed by atoms with Gasteiger partial charge in [-0.25, -0.2) is 0 Å². The van der Waals surface area contributed by atoms with E-state index in [1.807, 2.05) is 0 Å². The van der Waals surface area contributed by atoms with Crippen molar-refractivity contribution in [1.82, 2.24) is 15.5 Å². The lowest BCUT2D eigenvalue weighted by atomic mass is 9.91. The van der Waals surface area contributed by atoms with Crippen LogP contribution in [0.25, 0.3) is 0 Å². The number of nitrogens with one attached hydrogen (secondary N) is 2. The van der Waals surface area contributed by atoms with E-state index in [4.69, 9.17) is 0 Å². The van der Waals surface area contributed by atoms with E-state index in [2.05, 4.69) is 15.5 Å². The summed E-state index contributed by atoms with van der Waals surface area (Å²) in [5.41, 5.74) is 4.26. The molecule has 3 nitrogen and oxygen atoms in total. The summed E-state index contributed by atoms with van der Waals surface area (Å²) in [7, 11) is 0. The van der Waals surface area contributed by atoms with Crippen molar-refractivity contribution >= 4 is 0 Å². The minimum absolute atomic E-state index is 0.525. The predicted octanol–water partition coefficient (Wildman–Crippen LogP) is 2.10. The van der Waals surface area contributed by atoms with Crippen LogP contribution in [-0.4, -0.2) is 16.7 Å². The smallest absolute Gasteiger partial charge is 0.0826 e. The van der Waals surface area contributed by atoms with Crippen molar-refractivity contribution in [3.8, 4) is 0 Å². The van der Waals surface area contributed by atoms with E-state index in [-0.39, 0.29) is 0 Å². The molecule has 1 aromatic heterocycles. The first-order valence-corrected chi connectivity index (χ1v) is 6.24. The van der Waals surface area contributed by atoms with Crippen LogP contribution in [0.1, 0.15) is 55.1 Å². The van der Waals surface area contributed by atoms with E-state index in [9.17, 15) is 0 Å². The molecule has 0 saturated carbocycles. The van der Waals surface area contributed by atoms with Crippen LogP contribution < -0.4 is 5.32 Å². The van der Waals surface area contributed by atoms with E-state index in [1.165, 1.54) is 61.9 Å². The summed E-state index contributed by atoms with van der Waals surface area (Å²) in [5, 5.41) is 11.4. The van der Waals surface area contributed by atoms with Crippen molar-refractivity contribution in [2.45, 2.75) is 51.0 Å². The molecule has 0 spiro atoms. The van der Waals surface area contributed by atoms with Gasteiger partial charge in [-0.1, -0.05) is 6.42 Å². The van der Waals surface area contributed by atoms with Gasteiger partial charge in [0.25, 0.3) is 0 Å². The van der Waals surface area contributed by atoms with Gasteiger partial charge in [0.1, 0.15) is 0 Å². The number of hydrogen-bond acceptors (Lipinski definition) is 2. The summed E-state index contributed by atoms with van der Waals surface area (Å²) in [6.07, 6.45) is 9.03. The average molecular weight is 205 g/mol. The van der Waals surface area contributed by atoms with Crippen LogP contribution in [0.15, 0.2) is 0 Å². The van der Waals surface area contributed by atoms with Gasteiger partial charge in [0.15, 0.2) is 0 Å². The maximum atomic E-state index is 4.53. The number of rotatable bonds is 1. The normalized spacial score (nSPS) is 26.3. The Hall–Kier alpha value is -0.830. The van der Waals surface area contributed by atoms with E-state index in [0.29, 0.717) is 6.04 Å². The van der Waals surface area contributed by atoms with Crippen LogP contribution >= 0.6 is 0 Å². The molecule has 3 rings (SSSR count). The Morgan fingerprint density at radius 1 is 1.07 bits per heavy atom. The fraction of sp³-hybridized carbons (Fsp3) is 0.750. The number of H-pyrrole nitrogens is 1. The van der Waals surface area contributed by atoms with Crippen molar-refractivity contribution in [3.05, 3.63) is 17.0 Å². The molecule has 82 valence electrons. The Morgan fingerprint density at radius 3 is 2.87 bits per heavy atom. The Balaban J connectivity index is 1.87. The third-order valence-electron chi connectivity index (χ3n) is 3.73. The van der Waals surface area contributed by atoms with Crippen LogP contribution in [0.4, 0.5) is 0 Å². The zero-order valence-corrected chi connectivity index (χ0v) is 9.18. The Morgan fingerprint density at radius 2 is 2.00 bits per heavy atom. The van der Waals surface area contributed by atoms with Crippen molar-refractivity contribution in [3.63, 3.8) is 0 Å². The highest BCUT2D eigenvalue weighted by molar-refractivity contribution is 5.30. The number of aryl methyl sites for hydroxylation is 1. The van der Waals surface area contributed by atoms with E-state index < -0.39 is 0 Å². The monoisotopic (exact) mass is 205 g/mol. The highest BCUT2D eigenvalue weighted by Gasteiger charge is 2.24. The standard InChI is InChI=1S/C12H19N3/c1-2-6-10-9(5-1)12(15-14-10)11-7-3-4-8-13-11/h11,13H,1-8H2,(H,14,15). The molecule has 0 bridgehead atoms. The maximum Gasteiger partial charge on any atom is 0.0826 e. The van der Waals surface area contributed by atoms with Crippen LogP contribution in [0, 0.1) is 0 Å². The molecule has 0 aromatic carbocycles. The van der Waals surface area contributed by atoms with Gasteiger partial charge < -0.3 is 5.32 Å². The largest absolute Gasteiger partial charge is 0.309 e. The summed E-state index contributed by atoms with van der Waals surface area (Å²) in [4.78, 5) is 0. The van der Waals surface area contributed by atoms with E-state index in [0.717, 1.165) is 6.54 Å². The van der Waals surface area contributed by atoms with Gasteiger partial charge in [0.05, 0.1) is 11.7 Å². The molecule has 1 saturated heterocycles. The SMILES string of the molecule is C1CCC(c2n[nH]c3c2CCCC3)NC1. The molecule has 1 aromatic rings. The molecule has 2 heterocycles. The topological polar surface area (TPSA) is 40.7 Å². The van der Waals surface area contributed by atoms with Gasteiger partial charge in [-0.3, -0.25) is 5.10 Å². The zero-order chi connectivity index (χ0) is 10.1. The fourth-order valence-electron chi connectivity index (χ4n) is 2.88. The lowest BCUT2D eigenvalue weighted by Crippen LogP contribution is -2.28. The number of aromatic nitrogens is 2. The molecule has 1 unspecified atom stereocenters. The average Bonchev–Trinajstić information content (AvgIpc) is 2.74. The molecule has 1 atom stereocenters. The fourth-order valence-corrected chi connectivity index (χ4v) is 2.88. The van der Waals surface area contributed by atoms with Crippen molar-refractivity contribution in [1.29, 1.82) is 0 Å². The van der Waals surface area contributed by atoms with Crippen molar-refractivity contribution in [2.75, 3.05) is 6.54 Å². The van der Waals surface area contributed by atoms with Crippen LogP contribution in [0.3, 0.4) is 0 Å². The first-order valence-electron chi connectivity index (χ1n) is 6.24. The molecule has 3 heteroatoms. The first kappa shape index (κ1) is 9.40. The minimum Gasteiger partial charge on any atom is -0.309 e. The Bertz CT molecular complexity index is 337. The van der Waals surface area contributed by atoms with Gasteiger partial charge >= 0.3 is 0 Å². The summed E-state index contributed by atoms with van der Waals surface area (Å²) in [5.74, 6) is 0. The number of hydrogen-bond donors (Lipinski definition) is 2. The first-order chi connectivity index (χ1) is 7.45. The summed E-state index contributed by atoms with van der Waals surface area (Å²) >= 11 is 0. The van der Waals surface area contributed by atoms with Crippen LogP contribution in [-0.2, 0) is 12.8 Å². The van der Waals surface area contributed by atoms with Crippen LogP contribution in [0.2, 0.25) is 0 Å². The van der Waals surface area contributed by atoms with Gasteiger partial charge in [-0.15, -0.1) is 0 Å². The maximum absolute atomic E-state index is 4.53. The molecule has 2 N–H and O–H groups in total. The molecule has 1 fully saturated rings. The van der Waals surface area contributed by atoms with Gasteiger partial charge in [0.2, 0.25) is 0 Å². The van der Waals surface area contributed by atoms with Gasteiger partial charge in [-0.2, -0.15) is 5.10 Å². The highest BCUT2D eigenvalue weighted by atomic mass is 15.1. The second-order valence-electron chi connectivity index (χ2n) is 4.78. The van der Waals surface area contributed by atoms with E-state index in [1.54, 1.807) is 0 Å². The van der Waals surface area contributed by atoms with Gasteiger partial charge in [0, 0.05) is 5.69 Å².